The van der Waals surface area contributed by atoms with Crippen molar-refractivity contribution >= 4 is 11.6 Å². The number of ether oxygens (including phenoxy) is 2. The number of carbonyl (C=O) groups excluding carboxylic acids is 1. The topological polar surface area (TPSA) is 54.0 Å². The van der Waals surface area contributed by atoms with E-state index in [0.717, 1.165) is 43.2 Å². The third kappa shape index (κ3) is 4.87. The number of rotatable bonds is 7. The van der Waals surface area contributed by atoms with Crippen molar-refractivity contribution in [1.82, 2.24) is 10.2 Å². The fourth-order valence-corrected chi connectivity index (χ4v) is 4.16. The maximum atomic E-state index is 12.3. The molecule has 1 amide bonds. The maximum Gasteiger partial charge on any atom is 0.231 e. The minimum absolute atomic E-state index is 0.105. The van der Waals surface area contributed by atoms with Crippen molar-refractivity contribution in [1.29, 1.82) is 0 Å². The lowest BCUT2D eigenvalue weighted by Crippen LogP contribution is -2.50. The van der Waals surface area contributed by atoms with Crippen molar-refractivity contribution in [3.8, 4) is 11.5 Å². The molecular formula is C24H31N3O3. The molecule has 2 aromatic carbocycles. The number of para-hydroxylation sites is 1. The summed E-state index contributed by atoms with van der Waals surface area (Å²) in [6.45, 7) is 8.80. The minimum atomic E-state index is 0.105. The summed E-state index contributed by atoms with van der Waals surface area (Å²) >= 11 is 0. The van der Waals surface area contributed by atoms with Gasteiger partial charge in [0.2, 0.25) is 12.7 Å². The monoisotopic (exact) mass is 409 g/mol. The van der Waals surface area contributed by atoms with Gasteiger partial charge in [-0.1, -0.05) is 38.1 Å². The SMILES string of the molecule is CC(C)CC(=O)NC[C@H](c1ccc2c(c1)OCO2)N1CCN(c2ccccc2)CC1. The van der Waals surface area contributed by atoms with Crippen LogP contribution >= 0.6 is 0 Å². The van der Waals surface area contributed by atoms with Crippen LogP contribution in [0.3, 0.4) is 0 Å². The van der Waals surface area contributed by atoms with Gasteiger partial charge in [0.15, 0.2) is 11.5 Å². The zero-order valence-electron chi connectivity index (χ0n) is 17.8. The van der Waals surface area contributed by atoms with E-state index in [4.69, 9.17) is 9.47 Å². The third-order valence-electron chi connectivity index (χ3n) is 5.74. The summed E-state index contributed by atoms with van der Waals surface area (Å²) in [6, 6.07) is 16.8. The average Bonchev–Trinajstić information content (AvgIpc) is 3.22. The molecule has 2 aromatic rings. The molecule has 6 heteroatoms. The molecule has 1 atom stereocenters. The van der Waals surface area contributed by atoms with Crippen LogP contribution in [0.25, 0.3) is 0 Å². The highest BCUT2D eigenvalue weighted by Crippen LogP contribution is 2.35. The van der Waals surface area contributed by atoms with E-state index in [2.05, 4.69) is 71.4 Å². The summed E-state index contributed by atoms with van der Waals surface area (Å²) in [5.41, 5.74) is 2.42. The van der Waals surface area contributed by atoms with Gasteiger partial charge in [0, 0.05) is 44.8 Å². The Bertz CT molecular complexity index is 848. The van der Waals surface area contributed by atoms with E-state index in [1.165, 1.54) is 5.69 Å². The van der Waals surface area contributed by atoms with Gasteiger partial charge in [0.05, 0.1) is 6.04 Å². The Kier molecular flexibility index (Phi) is 6.43. The summed E-state index contributed by atoms with van der Waals surface area (Å²) in [6.07, 6.45) is 0.551. The van der Waals surface area contributed by atoms with Crippen LogP contribution < -0.4 is 19.7 Å². The van der Waals surface area contributed by atoms with E-state index >= 15 is 0 Å². The number of piperazine rings is 1. The predicted octanol–water partition coefficient (Wildman–Crippen LogP) is 3.44. The second kappa shape index (κ2) is 9.39. The van der Waals surface area contributed by atoms with E-state index < -0.39 is 0 Å². The number of hydrogen-bond acceptors (Lipinski definition) is 5. The molecule has 0 aromatic heterocycles. The fraction of sp³-hybridized carbons (Fsp3) is 0.458. The Balaban J connectivity index is 1.47. The first kappa shape index (κ1) is 20.5. The molecule has 1 saturated heterocycles. The molecule has 2 aliphatic heterocycles. The predicted molar refractivity (Wildman–Crippen MR) is 118 cm³/mol. The smallest absolute Gasteiger partial charge is 0.231 e. The third-order valence-corrected chi connectivity index (χ3v) is 5.74. The molecule has 2 aliphatic rings. The van der Waals surface area contributed by atoms with Crippen LogP contribution in [0.5, 0.6) is 11.5 Å². The first-order valence-corrected chi connectivity index (χ1v) is 10.8. The molecular weight excluding hydrogens is 378 g/mol. The highest BCUT2D eigenvalue weighted by Gasteiger charge is 2.27. The van der Waals surface area contributed by atoms with Crippen molar-refractivity contribution in [3.05, 3.63) is 54.1 Å². The molecule has 0 bridgehead atoms. The van der Waals surface area contributed by atoms with E-state index in [9.17, 15) is 4.79 Å². The summed E-state index contributed by atoms with van der Waals surface area (Å²) < 4.78 is 11.1. The molecule has 0 spiro atoms. The normalized spacial score (nSPS) is 17.2. The number of hydrogen-bond donors (Lipinski definition) is 1. The van der Waals surface area contributed by atoms with E-state index in [-0.39, 0.29) is 18.7 Å². The molecule has 0 aliphatic carbocycles. The molecule has 0 unspecified atom stereocenters. The summed E-state index contributed by atoms with van der Waals surface area (Å²) in [7, 11) is 0. The molecule has 1 N–H and O–H groups in total. The van der Waals surface area contributed by atoms with Crippen LogP contribution in [-0.4, -0.2) is 50.3 Å². The van der Waals surface area contributed by atoms with E-state index in [0.29, 0.717) is 18.9 Å². The number of benzene rings is 2. The molecule has 1 fully saturated rings. The molecule has 30 heavy (non-hydrogen) atoms. The first-order chi connectivity index (χ1) is 14.6. The Morgan fingerprint density at radius 3 is 2.47 bits per heavy atom. The van der Waals surface area contributed by atoms with Crippen molar-refractivity contribution < 1.29 is 14.3 Å². The average molecular weight is 410 g/mol. The van der Waals surface area contributed by atoms with Crippen molar-refractivity contribution in [2.45, 2.75) is 26.3 Å². The molecule has 6 nitrogen and oxygen atoms in total. The summed E-state index contributed by atoms with van der Waals surface area (Å²) in [4.78, 5) is 17.2. The Hall–Kier alpha value is -2.73. The Morgan fingerprint density at radius 2 is 1.73 bits per heavy atom. The zero-order chi connectivity index (χ0) is 20.9. The van der Waals surface area contributed by atoms with Crippen LogP contribution in [0, 0.1) is 5.92 Å². The van der Waals surface area contributed by atoms with Crippen LogP contribution in [0.1, 0.15) is 31.9 Å². The van der Waals surface area contributed by atoms with E-state index in [1.54, 1.807) is 0 Å². The lowest BCUT2D eigenvalue weighted by Gasteiger charge is -2.40. The largest absolute Gasteiger partial charge is 0.454 e. The standard InChI is InChI=1S/C24H31N3O3/c1-18(2)14-24(28)25-16-21(19-8-9-22-23(15-19)30-17-29-22)27-12-10-26(11-13-27)20-6-4-3-5-7-20/h3-9,15,18,21H,10-14,16-17H2,1-2H3,(H,25,28)/t21-/m1/s1. The van der Waals surface area contributed by atoms with Gasteiger partial charge in [0.25, 0.3) is 0 Å². The van der Waals surface area contributed by atoms with Gasteiger partial charge in [0.1, 0.15) is 0 Å². The first-order valence-electron chi connectivity index (χ1n) is 10.8. The van der Waals surface area contributed by atoms with Gasteiger partial charge in [-0.2, -0.15) is 0 Å². The van der Waals surface area contributed by atoms with Gasteiger partial charge in [-0.25, -0.2) is 0 Å². The quantitative estimate of drug-likeness (QED) is 0.759. The van der Waals surface area contributed by atoms with Gasteiger partial charge in [-0.05, 0) is 35.7 Å². The van der Waals surface area contributed by atoms with Crippen LogP contribution in [0.4, 0.5) is 5.69 Å². The van der Waals surface area contributed by atoms with Gasteiger partial charge >= 0.3 is 0 Å². The maximum absolute atomic E-state index is 12.3. The number of carbonyl (C=O) groups is 1. The highest BCUT2D eigenvalue weighted by atomic mass is 16.7. The molecule has 160 valence electrons. The molecule has 0 radical (unpaired) electrons. The lowest BCUT2D eigenvalue weighted by molar-refractivity contribution is -0.122. The summed E-state index contributed by atoms with van der Waals surface area (Å²) in [5.74, 6) is 2.03. The highest BCUT2D eigenvalue weighted by molar-refractivity contribution is 5.76. The van der Waals surface area contributed by atoms with Gasteiger partial charge in [-0.15, -0.1) is 0 Å². The van der Waals surface area contributed by atoms with Gasteiger partial charge in [-0.3, -0.25) is 9.69 Å². The zero-order valence-corrected chi connectivity index (χ0v) is 17.8. The lowest BCUT2D eigenvalue weighted by atomic mass is 10.0. The number of anilines is 1. The van der Waals surface area contributed by atoms with Crippen molar-refractivity contribution in [2.75, 3.05) is 44.4 Å². The second-order valence-corrected chi connectivity index (χ2v) is 8.39. The second-order valence-electron chi connectivity index (χ2n) is 8.39. The van der Waals surface area contributed by atoms with Crippen molar-refractivity contribution in [2.24, 2.45) is 5.92 Å². The van der Waals surface area contributed by atoms with Crippen LogP contribution in [-0.2, 0) is 4.79 Å². The number of nitrogens with zero attached hydrogens (tertiary/aromatic N) is 2. The number of amides is 1. The van der Waals surface area contributed by atoms with Crippen molar-refractivity contribution in [3.63, 3.8) is 0 Å². The van der Waals surface area contributed by atoms with E-state index in [1.807, 2.05) is 6.07 Å². The number of nitrogens with one attached hydrogen (secondary N) is 1. The Labute approximate surface area is 178 Å². The minimum Gasteiger partial charge on any atom is -0.454 e. The molecule has 4 rings (SSSR count). The van der Waals surface area contributed by atoms with Gasteiger partial charge < -0.3 is 19.7 Å². The molecule has 2 heterocycles. The Morgan fingerprint density at radius 1 is 1.00 bits per heavy atom. The molecule has 0 saturated carbocycles. The summed E-state index contributed by atoms with van der Waals surface area (Å²) in [5, 5.41) is 3.15. The van der Waals surface area contributed by atoms with Crippen LogP contribution in [0.15, 0.2) is 48.5 Å². The van der Waals surface area contributed by atoms with Crippen LogP contribution in [0.2, 0.25) is 0 Å². The fourth-order valence-electron chi connectivity index (χ4n) is 4.16. The number of fused-ring (bicyclic) bond motifs is 1.